The van der Waals surface area contributed by atoms with Crippen molar-refractivity contribution >= 4 is 23.4 Å². The largest absolute Gasteiger partial charge is 0.452 e. The maximum atomic E-state index is 13.4. The summed E-state index contributed by atoms with van der Waals surface area (Å²) < 4.78 is 45.0. The second-order valence-corrected chi connectivity index (χ2v) is 6.66. The third kappa shape index (κ3) is 4.82. The van der Waals surface area contributed by atoms with Crippen LogP contribution in [0.15, 0.2) is 53.1 Å². The van der Waals surface area contributed by atoms with Crippen molar-refractivity contribution in [2.45, 2.75) is 6.18 Å². The molecule has 0 saturated carbocycles. The highest BCUT2D eigenvalue weighted by Gasteiger charge is 2.42. The number of aromatic nitrogens is 2. The van der Waals surface area contributed by atoms with Gasteiger partial charge in [0.2, 0.25) is 11.7 Å². The highest BCUT2D eigenvalue weighted by molar-refractivity contribution is 6.04. The molecular formula is C20H18F3N5O3. The highest BCUT2D eigenvalue weighted by Crippen LogP contribution is 2.35. The summed E-state index contributed by atoms with van der Waals surface area (Å²) in [5.41, 5.74) is -0.473. The van der Waals surface area contributed by atoms with Crippen molar-refractivity contribution in [3.05, 3.63) is 60.1 Å². The summed E-state index contributed by atoms with van der Waals surface area (Å²) in [5, 5.41) is 2.32. The molecule has 1 N–H and O–H groups in total. The number of alkyl halides is 3. The van der Waals surface area contributed by atoms with Gasteiger partial charge in [0.05, 0.1) is 11.9 Å². The standard InChI is InChI=1S/C20H18F3N5O3/c1-27(2)19(30)28(3)14-10-9-13(11-24-14)25-17(29)15-16(20(21,22)23)31-18(26-15)12-7-5-4-6-8-12/h4-11H,1-3H3,(H,25,29). The van der Waals surface area contributed by atoms with Gasteiger partial charge in [-0.25, -0.2) is 14.8 Å². The van der Waals surface area contributed by atoms with E-state index in [1.54, 1.807) is 32.3 Å². The number of amides is 3. The van der Waals surface area contributed by atoms with Gasteiger partial charge in [-0.3, -0.25) is 9.69 Å². The maximum Gasteiger partial charge on any atom is 0.452 e. The van der Waals surface area contributed by atoms with Crippen molar-refractivity contribution in [3.63, 3.8) is 0 Å². The number of halogens is 3. The number of anilines is 2. The van der Waals surface area contributed by atoms with Crippen LogP contribution in [0.25, 0.3) is 11.5 Å². The molecule has 3 rings (SSSR count). The molecule has 0 bridgehead atoms. The van der Waals surface area contributed by atoms with E-state index in [0.29, 0.717) is 11.4 Å². The van der Waals surface area contributed by atoms with Crippen molar-refractivity contribution in [1.29, 1.82) is 0 Å². The van der Waals surface area contributed by atoms with Crippen molar-refractivity contribution in [2.75, 3.05) is 31.4 Å². The Labute approximate surface area is 175 Å². The van der Waals surface area contributed by atoms with Crippen LogP contribution < -0.4 is 10.2 Å². The number of rotatable bonds is 4. The molecule has 2 heterocycles. The normalized spacial score (nSPS) is 11.2. The van der Waals surface area contributed by atoms with Crippen LogP contribution in [0.2, 0.25) is 0 Å². The van der Waals surface area contributed by atoms with E-state index in [4.69, 9.17) is 4.42 Å². The zero-order chi connectivity index (χ0) is 22.8. The van der Waals surface area contributed by atoms with Gasteiger partial charge in [0.15, 0.2) is 5.69 Å². The summed E-state index contributed by atoms with van der Waals surface area (Å²) in [7, 11) is 4.67. The number of nitrogens with one attached hydrogen (secondary N) is 1. The Balaban J connectivity index is 1.85. The molecule has 0 radical (unpaired) electrons. The number of pyridine rings is 1. The molecule has 3 amide bonds. The molecule has 0 unspecified atom stereocenters. The third-order valence-corrected chi connectivity index (χ3v) is 4.14. The molecule has 31 heavy (non-hydrogen) atoms. The lowest BCUT2D eigenvalue weighted by Crippen LogP contribution is -2.36. The fourth-order valence-electron chi connectivity index (χ4n) is 2.62. The predicted octanol–water partition coefficient (Wildman–Crippen LogP) is 4.13. The van der Waals surface area contributed by atoms with Crippen LogP contribution in [0.4, 0.5) is 29.5 Å². The topological polar surface area (TPSA) is 91.6 Å². The summed E-state index contributed by atoms with van der Waals surface area (Å²) >= 11 is 0. The number of hydrogen-bond donors (Lipinski definition) is 1. The summed E-state index contributed by atoms with van der Waals surface area (Å²) in [5.74, 6) is -2.63. The van der Waals surface area contributed by atoms with Gasteiger partial charge in [0, 0.05) is 26.7 Å². The lowest BCUT2D eigenvalue weighted by atomic mass is 10.2. The van der Waals surface area contributed by atoms with Crippen LogP contribution in [0.5, 0.6) is 0 Å². The molecule has 11 heteroatoms. The highest BCUT2D eigenvalue weighted by atomic mass is 19.4. The van der Waals surface area contributed by atoms with Gasteiger partial charge >= 0.3 is 12.2 Å². The fraction of sp³-hybridized carbons (Fsp3) is 0.200. The smallest absolute Gasteiger partial charge is 0.431 e. The van der Waals surface area contributed by atoms with Gasteiger partial charge in [-0.1, -0.05) is 18.2 Å². The first-order valence-electron chi connectivity index (χ1n) is 8.93. The second-order valence-electron chi connectivity index (χ2n) is 6.66. The minimum absolute atomic E-state index is 0.122. The van der Waals surface area contributed by atoms with Gasteiger partial charge in [0.25, 0.3) is 5.91 Å². The molecule has 0 aliphatic rings. The Hall–Kier alpha value is -3.89. The third-order valence-electron chi connectivity index (χ3n) is 4.14. The van der Waals surface area contributed by atoms with Crippen molar-refractivity contribution in [2.24, 2.45) is 0 Å². The summed E-state index contributed by atoms with van der Waals surface area (Å²) in [6.07, 6.45) is -3.69. The van der Waals surface area contributed by atoms with Crippen molar-refractivity contribution < 1.29 is 27.2 Å². The van der Waals surface area contributed by atoms with E-state index in [1.807, 2.05) is 0 Å². The van der Waals surface area contributed by atoms with E-state index >= 15 is 0 Å². The minimum Gasteiger partial charge on any atom is -0.431 e. The average molecular weight is 433 g/mol. The molecule has 1 aromatic carbocycles. The molecular weight excluding hydrogens is 415 g/mol. The SMILES string of the molecule is CN(C)C(=O)N(C)c1ccc(NC(=O)c2nc(-c3ccccc3)oc2C(F)(F)F)cn1. The van der Waals surface area contributed by atoms with Crippen LogP contribution in [0.1, 0.15) is 16.2 Å². The number of hydrogen-bond acceptors (Lipinski definition) is 5. The van der Waals surface area contributed by atoms with Crippen LogP contribution in [-0.4, -0.2) is 47.9 Å². The molecule has 0 saturated heterocycles. The summed E-state index contributed by atoms with van der Waals surface area (Å²) in [4.78, 5) is 34.9. The summed E-state index contributed by atoms with van der Waals surface area (Å²) in [6, 6.07) is 10.5. The Kier molecular flexibility index (Phi) is 5.95. The van der Waals surface area contributed by atoms with Crippen molar-refractivity contribution in [1.82, 2.24) is 14.9 Å². The van der Waals surface area contributed by atoms with Crippen molar-refractivity contribution in [3.8, 4) is 11.5 Å². The Morgan fingerprint density at radius 3 is 2.26 bits per heavy atom. The Bertz CT molecular complexity index is 1080. The molecule has 0 atom stereocenters. The van der Waals surface area contributed by atoms with Gasteiger partial charge in [-0.05, 0) is 24.3 Å². The molecule has 162 valence electrons. The lowest BCUT2D eigenvalue weighted by Gasteiger charge is -2.20. The number of oxazole rings is 1. The van der Waals surface area contributed by atoms with Crippen LogP contribution in [0.3, 0.4) is 0 Å². The minimum atomic E-state index is -4.91. The molecule has 2 aromatic heterocycles. The second kappa shape index (κ2) is 8.46. The first kappa shape index (κ1) is 21.8. The van der Waals surface area contributed by atoms with E-state index in [2.05, 4.69) is 15.3 Å². The van der Waals surface area contributed by atoms with Crippen LogP contribution in [0, 0.1) is 0 Å². The molecule has 0 aliphatic carbocycles. The Morgan fingerprint density at radius 2 is 1.71 bits per heavy atom. The Morgan fingerprint density at radius 1 is 1.03 bits per heavy atom. The predicted molar refractivity (Wildman–Crippen MR) is 107 cm³/mol. The zero-order valence-corrected chi connectivity index (χ0v) is 16.8. The van der Waals surface area contributed by atoms with E-state index in [1.165, 1.54) is 47.3 Å². The molecule has 8 nitrogen and oxygen atoms in total. The van der Waals surface area contributed by atoms with Gasteiger partial charge in [0.1, 0.15) is 5.82 Å². The van der Waals surface area contributed by atoms with E-state index < -0.39 is 23.5 Å². The molecule has 0 spiro atoms. The number of benzene rings is 1. The zero-order valence-electron chi connectivity index (χ0n) is 16.8. The molecule has 3 aromatic rings. The monoisotopic (exact) mass is 433 g/mol. The first-order chi connectivity index (χ1) is 14.6. The number of carbonyl (C=O) groups is 2. The maximum absolute atomic E-state index is 13.4. The van der Waals surface area contributed by atoms with Gasteiger partial charge in [-0.2, -0.15) is 13.2 Å². The lowest BCUT2D eigenvalue weighted by molar-refractivity contribution is -0.153. The van der Waals surface area contributed by atoms with E-state index in [9.17, 15) is 22.8 Å². The number of nitrogens with zero attached hydrogens (tertiary/aromatic N) is 4. The van der Waals surface area contributed by atoms with Gasteiger partial charge in [-0.15, -0.1) is 0 Å². The summed E-state index contributed by atoms with van der Waals surface area (Å²) in [6.45, 7) is 0. The average Bonchev–Trinajstić information content (AvgIpc) is 3.20. The quantitative estimate of drug-likeness (QED) is 0.668. The van der Waals surface area contributed by atoms with Crippen LogP contribution in [-0.2, 0) is 6.18 Å². The van der Waals surface area contributed by atoms with E-state index in [-0.39, 0.29) is 17.6 Å². The molecule has 0 aliphatic heterocycles. The van der Waals surface area contributed by atoms with Gasteiger partial charge < -0.3 is 14.6 Å². The fourth-order valence-corrected chi connectivity index (χ4v) is 2.62. The molecule has 0 fully saturated rings. The number of carbonyl (C=O) groups excluding carboxylic acids is 2. The first-order valence-corrected chi connectivity index (χ1v) is 8.93. The van der Waals surface area contributed by atoms with E-state index in [0.717, 1.165) is 0 Å². The van der Waals surface area contributed by atoms with Crippen LogP contribution >= 0.6 is 0 Å². The number of urea groups is 1.